The van der Waals surface area contributed by atoms with Crippen molar-refractivity contribution in [3.63, 3.8) is 0 Å². The van der Waals surface area contributed by atoms with Crippen molar-refractivity contribution >= 4 is 17.7 Å². The van der Waals surface area contributed by atoms with Crippen LogP contribution in [-0.4, -0.2) is 40.1 Å². The van der Waals surface area contributed by atoms with Crippen LogP contribution in [0.3, 0.4) is 0 Å². The average molecular weight is 298 g/mol. The van der Waals surface area contributed by atoms with E-state index in [1.807, 2.05) is 0 Å². The molecule has 1 saturated heterocycles. The quantitative estimate of drug-likeness (QED) is 0.782. The van der Waals surface area contributed by atoms with Crippen molar-refractivity contribution < 1.29 is 4.79 Å². The summed E-state index contributed by atoms with van der Waals surface area (Å²) in [4.78, 5) is 14.9. The molecule has 1 aliphatic carbocycles. The van der Waals surface area contributed by atoms with Crippen molar-refractivity contribution in [2.75, 3.05) is 5.75 Å². The Labute approximate surface area is 128 Å². The van der Waals surface area contributed by atoms with Gasteiger partial charge in [-0.05, 0) is 37.9 Å². The first-order valence-corrected chi connectivity index (χ1v) is 9.45. The average Bonchev–Trinajstić information content (AvgIpc) is 3.01. The van der Waals surface area contributed by atoms with Crippen LogP contribution in [0.25, 0.3) is 0 Å². The predicted octanol–water partition coefficient (Wildman–Crippen LogP) is 3.39. The lowest BCUT2D eigenvalue weighted by Gasteiger charge is -2.29. The number of unbranched alkanes of at least 4 members (excludes halogenated alkanes) is 1. The van der Waals surface area contributed by atoms with Crippen molar-refractivity contribution in [1.82, 2.24) is 10.2 Å². The second-order valence-corrected chi connectivity index (χ2v) is 7.65. The normalized spacial score (nSPS) is 34.1. The lowest BCUT2D eigenvalue weighted by Crippen LogP contribution is -2.43. The van der Waals surface area contributed by atoms with E-state index in [0.29, 0.717) is 11.9 Å². The number of amides is 1. The van der Waals surface area contributed by atoms with Gasteiger partial charge in [0.1, 0.15) is 0 Å². The number of nitrogens with zero attached hydrogens (tertiary/aromatic N) is 1. The molecule has 2 rings (SSSR count). The molecule has 0 aromatic rings. The van der Waals surface area contributed by atoms with E-state index in [4.69, 9.17) is 0 Å². The fourth-order valence-corrected chi connectivity index (χ4v) is 4.77. The monoisotopic (exact) mass is 298 g/mol. The molecule has 4 heteroatoms. The molecule has 1 saturated carbocycles. The van der Waals surface area contributed by atoms with E-state index in [0.717, 1.165) is 24.5 Å². The molecule has 2 fully saturated rings. The van der Waals surface area contributed by atoms with E-state index < -0.39 is 0 Å². The number of carbonyl (C=O) groups is 1. The van der Waals surface area contributed by atoms with Crippen LogP contribution in [0.2, 0.25) is 0 Å². The summed E-state index contributed by atoms with van der Waals surface area (Å²) in [5.74, 6) is 1.57. The van der Waals surface area contributed by atoms with E-state index in [-0.39, 0.29) is 12.2 Å². The Balaban J connectivity index is 1.96. The molecule has 2 aliphatic rings. The van der Waals surface area contributed by atoms with Crippen molar-refractivity contribution in [3.8, 4) is 0 Å². The zero-order valence-corrected chi connectivity index (χ0v) is 14.0. The van der Waals surface area contributed by atoms with Crippen LogP contribution in [0.4, 0.5) is 0 Å². The molecule has 3 nitrogen and oxygen atoms in total. The van der Waals surface area contributed by atoms with Gasteiger partial charge in [0.2, 0.25) is 5.91 Å². The van der Waals surface area contributed by atoms with E-state index in [1.165, 1.54) is 31.4 Å². The first-order valence-electron chi connectivity index (χ1n) is 8.41. The first kappa shape index (κ1) is 16.2. The number of rotatable bonds is 7. The summed E-state index contributed by atoms with van der Waals surface area (Å²) in [5.41, 5.74) is 0. The van der Waals surface area contributed by atoms with Crippen LogP contribution in [0.1, 0.15) is 65.7 Å². The van der Waals surface area contributed by atoms with Gasteiger partial charge in [-0.25, -0.2) is 0 Å². The molecule has 0 aromatic heterocycles. The summed E-state index contributed by atoms with van der Waals surface area (Å²) in [6.07, 6.45) is 8.29. The van der Waals surface area contributed by atoms with Gasteiger partial charge in [-0.3, -0.25) is 10.1 Å². The molecule has 4 unspecified atom stereocenters. The third-order valence-corrected chi connectivity index (χ3v) is 5.90. The van der Waals surface area contributed by atoms with Gasteiger partial charge in [-0.2, -0.15) is 11.8 Å². The first-order chi connectivity index (χ1) is 9.71. The summed E-state index contributed by atoms with van der Waals surface area (Å²) in [6.45, 7) is 6.61. The molecule has 20 heavy (non-hydrogen) atoms. The number of carbonyl (C=O) groups excluding carboxylic acids is 1. The molecule has 116 valence electrons. The molecule has 4 atom stereocenters. The van der Waals surface area contributed by atoms with E-state index in [9.17, 15) is 4.79 Å². The van der Waals surface area contributed by atoms with Gasteiger partial charge in [-0.1, -0.05) is 33.6 Å². The summed E-state index contributed by atoms with van der Waals surface area (Å²) < 4.78 is 0. The lowest BCUT2D eigenvalue weighted by molar-refractivity contribution is -0.132. The summed E-state index contributed by atoms with van der Waals surface area (Å²) in [5, 5.41) is 4.34. The fraction of sp³-hybridized carbons (Fsp3) is 0.938. The summed E-state index contributed by atoms with van der Waals surface area (Å²) in [7, 11) is 0. The zero-order valence-electron chi connectivity index (χ0n) is 13.2. The molecular weight excluding hydrogens is 268 g/mol. The van der Waals surface area contributed by atoms with Crippen LogP contribution >= 0.6 is 11.8 Å². The third kappa shape index (κ3) is 3.51. The number of hydrogen-bond acceptors (Lipinski definition) is 3. The lowest BCUT2D eigenvalue weighted by atomic mass is 10.1. The molecule has 0 aromatic carbocycles. The number of nitrogens with one attached hydrogen (secondary N) is 1. The summed E-state index contributed by atoms with van der Waals surface area (Å²) in [6, 6.07) is 0.563. The van der Waals surface area contributed by atoms with E-state index in [2.05, 4.69) is 42.7 Å². The highest BCUT2D eigenvalue weighted by molar-refractivity contribution is 7.99. The third-order valence-electron chi connectivity index (χ3n) is 4.67. The highest BCUT2D eigenvalue weighted by Crippen LogP contribution is 2.35. The van der Waals surface area contributed by atoms with Crippen molar-refractivity contribution in [2.24, 2.45) is 0 Å². The van der Waals surface area contributed by atoms with Crippen molar-refractivity contribution in [2.45, 2.75) is 89.2 Å². The van der Waals surface area contributed by atoms with Gasteiger partial charge < -0.3 is 4.90 Å². The zero-order chi connectivity index (χ0) is 14.5. The molecule has 0 spiro atoms. The van der Waals surface area contributed by atoms with Crippen molar-refractivity contribution in [1.29, 1.82) is 0 Å². The number of hydrogen-bond donors (Lipinski definition) is 1. The van der Waals surface area contributed by atoms with Gasteiger partial charge in [0, 0.05) is 11.3 Å². The second kappa shape index (κ2) is 7.69. The molecule has 1 heterocycles. The van der Waals surface area contributed by atoms with E-state index in [1.54, 1.807) is 0 Å². The number of thioether (sulfide) groups is 1. The Kier molecular flexibility index (Phi) is 6.21. The topological polar surface area (TPSA) is 32.3 Å². The highest BCUT2D eigenvalue weighted by atomic mass is 32.2. The molecule has 0 bridgehead atoms. The Morgan fingerprint density at radius 2 is 2.10 bits per heavy atom. The minimum absolute atomic E-state index is 0.0813. The van der Waals surface area contributed by atoms with Gasteiger partial charge in [-0.15, -0.1) is 0 Å². The minimum Gasteiger partial charge on any atom is -0.323 e. The molecule has 1 aliphatic heterocycles. The van der Waals surface area contributed by atoms with Crippen molar-refractivity contribution in [3.05, 3.63) is 0 Å². The Hall–Kier alpha value is -0.220. The molecule has 1 N–H and O–H groups in total. The maximum absolute atomic E-state index is 12.7. The van der Waals surface area contributed by atoms with Crippen LogP contribution < -0.4 is 5.32 Å². The smallest absolute Gasteiger partial charge is 0.241 e. The minimum atomic E-state index is 0.0813. The maximum atomic E-state index is 12.7. The SMILES string of the molecule is CCCCC1NC(CC)N(C2CCC(SCC)C2)C1=O. The fourth-order valence-electron chi connectivity index (χ4n) is 3.64. The maximum Gasteiger partial charge on any atom is 0.241 e. The van der Waals surface area contributed by atoms with Gasteiger partial charge in [0.05, 0.1) is 12.2 Å². The molecule has 1 amide bonds. The van der Waals surface area contributed by atoms with Crippen LogP contribution in [0.5, 0.6) is 0 Å². The van der Waals surface area contributed by atoms with Crippen LogP contribution in [0, 0.1) is 0 Å². The van der Waals surface area contributed by atoms with E-state index >= 15 is 0 Å². The Morgan fingerprint density at radius 1 is 1.30 bits per heavy atom. The molecular formula is C16H30N2OS. The van der Waals surface area contributed by atoms with Gasteiger partial charge >= 0.3 is 0 Å². The highest BCUT2D eigenvalue weighted by Gasteiger charge is 2.43. The standard InChI is InChI=1S/C16H30N2OS/c1-4-7-8-14-16(19)18(15(5-2)17-14)12-9-10-13(11-12)20-6-3/h12-15,17H,4-11H2,1-3H3. The predicted molar refractivity (Wildman–Crippen MR) is 86.9 cm³/mol. The second-order valence-electron chi connectivity index (χ2n) is 6.08. The molecule has 0 radical (unpaired) electrons. The van der Waals surface area contributed by atoms with Gasteiger partial charge in [0.15, 0.2) is 0 Å². The van der Waals surface area contributed by atoms with Crippen LogP contribution in [0.15, 0.2) is 0 Å². The Morgan fingerprint density at radius 3 is 2.75 bits per heavy atom. The summed E-state index contributed by atoms with van der Waals surface area (Å²) >= 11 is 2.07. The Bertz CT molecular complexity index is 324. The van der Waals surface area contributed by atoms with Gasteiger partial charge in [0.25, 0.3) is 0 Å². The largest absolute Gasteiger partial charge is 0.323 e. The van der Waals surface area contributed by atoms with Crippen LogP contribution in [-0.2, 0) is 4.79 Å².